The summed E-state index contributed by atoms with van der Waals surface area (Å²) in [6.45, 7) is 1.97. The van der Waals surface area contributed by atoms with Gasteiger partial charge in [0.2, 0.25) is 0 Å². The van der Waals surface area contributed by atoms with Crippen molar-refractivity contribution in [1.29, 1.82) is 0 Å². The molecule has 6 nitrogen and oxygen atoms in total. The van der Waals surface area contributed by atoms with Crippen molar-refractivity contribution < 1.29 is 25.2 Å². The molecule has 3 atom stereocenters. The van der Waals surface area contributed by atoms with Gasteiger partial charge in [0.25, 0.3) is 20.2 Å². The van der Waals surface area contributed by atoms with Crippen LogP contribution in [-0.2, 0) is 28.6 Å². The molecule has 1 fully saturated rings. The zero-order valence-electron chi connectivity index (χ0n) is 10.1. The lowest BCUT2D eigenvalue weighted by Gasteiger charge is -2.32. The van der Waals surface area contributed by atoms with Gasteiger partial charge in [-0.05, 0) is 25.2 Å². The zero-order valence-corrected chi connectivity index (χ0v) is 11.8. The van der Waals surface area contributed by atoms with Gasteiger partial charge in [-0.2, -0.15) is 16.8 Å². The molecule has 0 saturated heterocycles. The fraction of sp³-hybridized carbons (Fsp3) is 1.00. The maximum Gasteiger partial charge on any atom is 0.264 e. The van der Waals surface area contributed by atoms with Crippen molar-refractivity contribution in [2.24, 2.45) is 5.92 Å². The van der Waals surface area contributed by atoms with Gasteiger partial charge < -0.3 is 0 Å². The van der Waals surface area contributed by atoms with E-state index in [2.05, 4.69) is 0 Å². The van der Waals surface area contributed by atoms with Crippen LogP contribution in [-0.4, -0.2) is 41.6 Å². The first-order chi connectivity index (χ1) is 7.57. The molecule has 0 bridgehead atoms. The molecule has 0 radical (unpaired) electrons. The summed E-state index contributed by atoms with van der Waals surface area (Å²) in [6.07, 6.45) is 2.22. The molecule has 1 rings (SSSR count). The van der Waals surface area contributed by atoms with Crippen LogP contribution in [0.25, 0.3) is 0 Å². The Morgan fingerprint density at radius 2 is 1.35 bits per heavy atom. The summed E-state index contributed by atoms with van der Waals surface area (Å²) in [5.74, 6) is 0.293. The molecule has 0 aliphatic heterocycles. The van der Waals surface area contributed by atoms with Gasteiger partial charge in [0, 0.05) is 0 Å². The van der Waals surface area contributed by atoms with Crippen LogP contribution < -0.4 is 0 Å². The highest BCUT2D eigenvalue weighted by Gasteiger charge is 2.34. The average molecular weight is 286 g/mol. The summed E-state index contributed by atoms with van der Waals surface area (Å²) in [6, 6.07) is 0. The second-order valence-corrected chi connectivity index (χ2v) is 7.80. The van der Waals surface area contributed by atoms with Crippen LogP contribution in [0.5, 0.6) is 0 Å². The van der Waals surface area contributed by atoms with E-state index in [1.165, 1.54) is 0 Å². The Bertz CT molecular complexity index is 452. The molecule has 1 saturated carbocycles. The monoisotopic (exact) mass is 286 g/mol. The lowest BCUT2D eigenvalue weighted by atomic mass is 9.87. The van der Waals surface area contributed by atoms with Crippen LogP contribution in [0.3, 0.4) is 0 Å². The lowest BCUT2D eigenvalue weighted by molar-refractivity contribution is 0.0162. The minimum absolute atomic E-state index is 0.293. The first kappa shape index (κ1) is 14.9. The van der Waals surface area contributed by atoms with Gasteiger partial charge >= 0.3 is 0 Å². The van der Waals surface area contributed by atoms with Crippen LogP contribution >= 0.6 is 0 Å². The third-order valence-electron chi connectivity index (χ3n) is 2.59. The Morgan fingerprint density at radius 1 is 0.882 bits per heavy atom. The highest BCUT2D eigenvalue weighted by Crippen LogP contribution is 2.29. The number of hydrogen-bond donors (Lipinski definition) is 0. The van der Waals surface area contributed by atoms with Crippen molar-refractivity contribution in [3.8, 4) is 0 Å². The van der Waals surface area contributed by atoms with Crippen molar-refractivity contribution in [2.75, 3.05) is 12.5 Å². The number of rotatable bonds is 4. The molecule has 1 aliphatic rings. The van der Waals surface area contributed by atoms with Gasteiger partial charge in [0.1, 0.15) is 12.2 Å². The Kier molecular flexibility index (Phi) is 4.56. The lowest BCUT2D eigenvalue weighted by Crippen LogP contribution is -2.39. The Morgan fingerprint density at radius 3 is 1.82 bits per heavy atom. The van der Waals surface area contributed by atoms with Crippen LogP contribution in [0.4, 0.5) is 0 Å². The maximum atomic E-state index is 11.1. The standard InChI is InChI=1S/C9H18O6S2/c1-7-4-5-8(14-16(2,10)11)9(6-7)15-17(3,12)13/h7-9H,4-6H2,1-3H3. The summed E-state index contributed by atoms with van der Waals surface area (Å²) in [5.41, 5.74) is 0. The van der Waals surface area contributed by atoms with Crippen molar-refractivity contribution in [1.82, 2.24) is 0 Å². The van der Waals surface area contributed by atoms with Gasteiger partial charge in [0.15, 0.2) is 0 Å². The van der Waals surface area contributed by atoms with E-state index in [0.29, 0.717) is 18.8 Å². The fourth-order valence-electron chi connectivity index (χ4n) is 1.96. The van der Waals surface area contributed by atoms with Gasteiger partial charge in [0.05, 0.1) is 12.5 Å². The molecule has 0 heterocycles. The second kappa shape index (κ2) is 5.21. The van der Waals surface area contributed by atoms with E-state index in [-0.39, 0.29) is 0 Å². The Balaban J connectivity index is 2.78. The minimum Gasteiger partial charge on any atom is -0.264 e. The first-order valence-electron chi connectivity index (χ1n) is 5.33. The molecule has 0 N–H and O–H groups in total. The molecule has 0 amide bonds. The van der Waals surface area contributed by atoms with Crippen molar-refractivity contribution in [3.05, 3.63) is 0 Å². The predicted molar refractivity (Wildman–Crippen MR) is 62.4 cm³/mol. The summed E-state index contributed by atoms with van der Waals surface area (Å²) < 4.78 is 54.1. The van der Waals surface area contributed by atoms with Gasteiger partial charge in [-0.25, -0.2) is 0 Å². The third-order valence-corrected chi connectivity index (χ3v) is 3.78. The SMILES string of the molecule is CC1CCC(OS(C)(=O)=O)C(OS(C)(=O)=O)C1. The van der Waals surface area contributed by atoms with Crippen molar-refractivity contribution >= 4 is 20.2 Å². The van der Waals surface area contributed by atoms with E-state index < -0.39 is 32.4 Å². The molecule has 3 unspecified atom stereocenters. The van der Waals surface area contributed by atoms with E-state index in [4.69, 9.17) is 8.37 Å². The average Bonchev–Trinajstić information content (AvgIpc) is 2.05. The maximum absolute atomic E-state index is 11.1. The van der Waals surface area contributed by atoms with E-state index in [0.717, 1.165) is 18.9 Å². The van der Waals surface area contributed by atoms with Crippen molar-refractivity contribution in [2.45, 2.75) is 38.4 Å². The van der Waals surface area contributed by atoms with Gasteiger partial charge in [-0.15, -0.1) is 0 Å². The molecule has 102 valence electrons. The van der Waals surface area contributed by atoms with Gasteiger partial charge in [-0.1, -0.05) is 6.92 Å². The largest absolute Gasteiger partial charge is 0.264 e. The summed E-state index contributed by atoms with van der Waals surface area (Å²) in [5, 5.41) is 0. The first-order valence-corrected chi connectivity index (χ1v) is 8.96. The van der Waals surface area contributed by atoms with E-state index in [1.54, 1.807) is 0 Å². The highest BCUT2D eigenvalue weighted by atomic mass is 32.2. The topological polar surface area (TPSA) is 86.7 Å². The van der Waals surface area contributed by atoms with Crippen molar-refractivity contribution in [3.63, 3.8) is 0 Å². The van der Waals surface area contributed by atoms with E-state index in [9.17, 15) is 16.8 Å². The molecule has 0 spiro atoms. The van der Waals surface area contributed by atoms with Crippen LogP contribution in [0.2, 0.25) is 0 Å². The smallest absolute Gasteiger partial charge is 0.264 e. The normalized spacial score (nSPS) is 31.4. The summed E-state index contributed by atoms with van der Waals surface area (Å²) in [7, 11) is -7.22. The summed E-state index contributed by atoms with van der Waals surface area (Å²) in [4.78, 5) is 0. The number of hydrogen-bond acceptors (Lipinski definition) is 6. The van der Waals surface area contributed by atoms with Crippen LogP contribution in [0.15, 0.2) is 0 Å². The molecule has 0 aromatic rings. The molecule has 8 heteroatoms. The van der Waals surface area contributed by atoms with Crippen LogP contribution in [0, 0.1) is 5.92 Å². The third kappa shape index (κ3) is 5.80. The molecule has 1 aliphatic carbocycles. The minimum atomic E-state index is -3.61. The molecule has 0 aromatic carbocycles. The van der Waals surface area contributed by atoms with E-state index in [1.807, 2.05) is 6.92 Å². The highest BCUT2D eigenvalue weighted by molar-refractivity contribution is 7.86. The summed E-state index contributed by atoms with van der Waals surface area (Å²) >= 11 is 0. The molecular formula is C9H18O6S2. The van der Waals surface area contributed by atoms with Crippen LogP contribution in [0.1, 0.15) is 26.2 Å². The second-order valence-electron chi connectivity index (χ2n) is 4.60. The molecule has 17 heavy (non-hydrogen) atoms. The quantitative estimate of drug-likeness (QED) is 0.699. The molecular weight excluding hydrogens is 268 g/mol. The van der Waals surface area contributed by atoms with Gasteiger partial charge in [-0.3, -0.25) is 8.37 Å². The molecule has 0 aromatic heterocycles. The fourth-order valence-corrected chi connectivity index (χ4v) is 3.28. The Hall–Kier alpha value is -0.180. The zero-order chi connectivity index (χ0) is 13.3. The predicted octanol–water partition coefficient (Wildman–Crippen LogP) is 0.496. The Labute approximate surface area is 103 Å². The van der Waals surface area contributed by atoms with E-state index >= 15 is 0 Å².